The van der Waals surface area contributed by atoms with E-state index in [1.165, 1.54) is 0 Å². The second kappa shape index (κ2) is 6.91. The van der Waals surface area contributed by atoms with Crippen LogP contribution in [0.15, 0.2) is 27.1 Å². The highest BCUT2D eigenvalue weighted by Gasteiger charge is 2.05. The minimum absolute atomic E-state index is 0.182. The van der Waals surface area contributed by atoms with Crippen molar-refractivity contribution < 1.29 is 9.53 Å². The molecule has 5 heteroatoms. The van der Waals surface area contributed by atoms with Gasteiger partial charge in [0.1, 0.15) is 0 Å². The summed E-state index contributed by atoms with van der Waals surface area (Å²) in [6, 6.07) is 5.82. The predicted molar refractivity (Wildman–Crippen MR) is 71.6 cm³/mol. The molecule has 0 aliphatic carbocycles. The molecule has 0 bridgehead atoms. The molecule has 0 saturated carbocycles. The molecule has 88 valence electrons. The quantitative estimate of drug-likeness (QED) is 0.825. The van der Waals surface area contributed by atoms with Crippen molar-refractivity contribution in [1.29, 1.82) is 0 Å². The molecule has 0 spiro atoms. The van der Waals surface area contributed by atoms with Crippen molar-refractivity contribution >= 4 is 43.5 Å². The van der Waals surface area contributed by atoms with E-state index in [-0.39, 0.29) is 5.97 Å². The molecular formula is C11H13Br2NO2. The first-order valence-corrected chi connectivity index (χ1v) is 6.57. The fraction of sp³-hybridized carbons (Fsp3) is 0.364. The van der Waals surface area contributed by atoms with E-state index in [0.29, 0.717) is 19.6 Å². The van der Waals surface area contributed by atoms with Crippen molar-refractivity contribution in [2.45, 2.75) is 13.3 Å². The van der Waals surface area contributed by atoms with Crippen LogP contribution in [0.1, 0.15) is 13.3 Å². The van der Waals surface area contributed by atoms with Gasteiger partial charge in [0.05, 0.1) is 18.7 Å². The number of carbonyl (C=O) groups excluding carboxylic acids is 1. The summed E-state index contributed by atoms with van der Waals surface area (Å²) in [5, 5.41) is 3.18. The molecule has 0 aliphatic rings. The van der Waals surface area contributed by atoms with Crippen LogP contribution in [0.2, 0.25) is 0 Å². The summed E-state index contributed by atoms with van der Waals surface area (Å²) in [5.41, 5.74) is 0.951. The third-order valence-corrected chi connectivity index (χ3v) is 3.22. The molecule has 0 unspecified atom stereocenters. The summed E-state index contributed by atoms with van der Waals surface area (Å²) >= 11 is 6.87. The van der Waals surface area contributed by atoms with E-state index in [2.05, 4.69) is 37.2 Å². The van der Waals surface area contributed by atoms with Gasteiger partial charge in [-0.15, -0.1) is 0 Å². The van der Waals surface area contributed by atoms with Crippen LogP contribution >= 0.6 is 31.9 Å². The molecule has 0 heterocycles. The molecule has 0 radical (unpaired) electrons. The second-order valence-electron chi connectivity index (χ2n) is 3.08. The molecule has 0 aromatic heterocycles. The van der Waals surface area contributed by atoms with E-state index in [1.54, 1.807) is 6.92 Å². The molecule has 0 saturated heterocycles. The first kappa shape index (κ1) is 13.5. The van der Waals surface area contributed by atoms with Crippen molar-refractivity contribution in [3.63, 3.8) is 0 Å². The minimum Gasteiger partial charge on any atom is -0.466 e. The van der Waals surface area contributed by atoms with Crippen LogP contribution in [0.5, 0.6) is 0 Å². The van der Waals surface area contributed by atoms with Gasteiger partial charge in [-0.05, 0) is 50.9 Å². The summed E-state index contributed by atoms with van der Waals surface area (Å²) in [6.07, 6.45) is 0.363. The number of anilines is 1. The standard InChI is InChI=1S/C11H13Br2NO2/c1-2-16-10(15)6-7-14-11-8(12)4-3-5-9(11)13/h3-5,14H,2,6-7H2,1H3. The number of ether oxygens (including phenoxy) is 1. The maximum atomic E-state index is 11.1. The molecular weight excluding hydrogens is 338 g/mol. The van der Waals surface area contributed by atoms with Gasteiger partial charge in [0, 0.05) is 15.5 Å². The summed E-state index contributed by atoms with van der Waals surface area (Å²) < 4.78 is 6.77. The van der Waals surface area contributed by atoms with Gasteiger partial charge in [0.25, 0.3) is 0 Å². The summed E-state index contributed by atoms with van der Waals surface area (Å²) in [6.45, 7) is 2.79. The molecule has 1 N–H and O–H groups in total. The average Bonchev–Trinajstić information content (AvgIpc) is 2.23. The van der Waals surface area contributed by atoms with Gasteiger partial charge >= 0.3 is 5.97 Å². The van der Waals surface area contributed by atoms with Crippen LogP contribution < -0.4 is 5.32 Å². The largest absolute Gasteiger partial charge is 0.466 e. The zero-order chi connectivity index (χ0) is 12.0. The summed E-state index contributed by atoms with van der Waals surface area (Å²) in [4.78, 5) is 11.1. The first-order valence-electron chi connectivity index (χ1n) is 4.98. The average molecular weight is 351 g/mol. The lowest BCUT2D eigenvalue weighted by Crippen LogP contribution is -2.11. The maximum Gasteiger partial charge on any atom is 0.307 e. The Bertz CT molecular complexity index is 349. The van der Waals surface area contributed by atoms with E-state index < -0.39 is 0 Å². The minimum atomic E-state index is -0.182. The highest BCUT2D eigenvalue weighted by molar-refractivity contribution is 9.11. The van der Waals surface area contributed by atoms with E-state index in [9.17, 15) is 4.79 Å². The molecule has 1 aromatic rings. The number of benzene rings is 1. The number of nitrogens with one attached hydrogen (secondary N) is 1. The van der Waals surface area contributed by atoms with Crippen molar-refractivity contribution in [2.75, 3.05) is 18.5 Å². The Labute approximate surface area is 112 Å². The Morgan fingerprint density at radius 2 is 2.00 bits per heavy atom. The van der Waals surface area contributed by atoms with Gasteiger partial charge < -0.3 is 10.1 Å². The number of hydrogen-bond acceptors (Lipinski definition) is 3. The predicted octanol–water partition coefficient (Wildman–Crippen LogP) is 3.58. The molecule has 1 rings (SSSR count). The molecule has 0 fully saturated rings. The highest BCUT2D eigenvalue weighted by atomic mass is 79.9. The topological polar surface area (TPSA) is 38.3 Å². The van der Waals surface area contributed by atoms with Crippen LogP contribution in [0.4, 0.5) is 5.69 Å². The smallest absolute Gasteiger partial charge is 0.307 e. The van der Waals surface area contributed by atoms with Gasteiger partial charge in [-0.2, -0.15) is 0 Å². The maximum absolute atomic E-state index is 11.1. The van der Waals surface area contributed by atoms with Crippen LogP contribution in [0, 0.1) is 0 Å². The molecule has 3 nitrogen and oxygen atoms in total. The van der Waals surface area contributed by atoms with Crippen LogP contribution in [0.3, 0.4) is 0 Å². The monoisotopic (exact) mass is 349 g/mol. The van der Waals surface area contributed by atoms with E-state index >= 15 is 0 Å². The Morgan fingerprint density at radius 1 is 1.38 bits per heavy atom. The van der Waals surface area contributed by atoms with Crippen molar-refractivity contribution in [2.24, 2.45) is 0 Å². The normalized spacial score (nSPS) is 9.94. The van der Waals surface area contributed by atoms with E-state index in [4.69, 9.17) is 4.74 Å². The summed E-state index contributed by atoms with van der Waals surface area (Å²) in [5.74, 6) is -0.182. The lowest BCUT2D eigenvalue weighted by molar-refractivity contribution is -0.142. The summed E-state index contributed by atoms with van der Waals surface area (Å²) in [7, 11) is 0. The van der Waals surface area contributed by atoms with Gasteiger partial charge in [0.2, 0.25) is 0 Å². The van der Waals surface area contributed by atoms with Crippen molar-refractivity contribution in [3.05, 3.63) is 27.1 Å². The SMILES string of the molecule is CCOC(=O)CCNc1c(Br)cccc1Br. The number of rotatable bonds is 5. The lowest BCUT2D eigenvalue weighted by Gasteiger charge is -2.10. The lowest BCUT2D eigenvalue weighted by atomic mass is 10.3. The Balaban J connectivity index is 2.46. The number of esters is 1. The zero-order valence-corrected chi connectivity index (χ0v) is 12.1. The van der Waals surface area contributed by atoms with Crippen LogP contribution in [-0.4, -0.2) is 19.1 Å². The van der Waals surface area contributed by atoms with Crippen LogP contribution in [0.25, 0.3) is 0 Å². The van der Waals surface area contributed by atoms with E-state index in [1.807, 2.05) is 18.2 Å². The third-order valence-electron chi connectivity index (χ3n) is 1.90. The number of hydrogen-bond donors (Lipinski definition) is 1. The van der Waals surface area contributed by atoms with Crippen LogP contribution in [-0.2, 0) is 9.53 Å². The third kappa shape index (κ3) is 4.14. The van der Waals surface area contributed by atoms with Gasteiger partial charge in [-0.3, -0.25) is 4.79 Å². The highest BCUT2D eigenvalue weighted by Crippen LogP contribution is 2.30. The first-order chi connectivity index (χ1) is 7.65. The van der Waals surface area contributed by atoms with Crippen molar-refractivity contribution in [1.82, 2.24) is 0 Å². The molecule has 0 aliphatic heterocycles. The molecule has 0 atom stereocenters. The van der Waals surface area contributed by atoms with Gasteiger partial charge in [-0.25, -0.2) is 0 Å². The zero-order valence-electron chi connectivity index (χ0n) is 8.93. The number of carbonyl (C=O) groups is 1. The van der Waals surface area contributed by atoms with Crippen molar-refractivity contribution in [3.8, 4) is 0 Å². The fourth-order valence-electron chi connectivity index (χ4n) is 1.19. The van der Waals surface area contributed by atoms with Gasteiger partial charge in [0.15, 0.2) is 0 Å². The molecule has 16 heavy (non-hydrogen) atoms. The Morgan fingerprint density at radius 3 is 2.56 bits per heavy atom. The second-order valence-corrected chi connectivity index (χ2v) is 4.79. The Hall–Kier alpha value is -0.550. The number of halogens is 2. The number of para-hydroxylation sites is 1. The Kier molecular flexibility index (Phi) is 5.84. The fourth-order valence-corrected chi connectivity index (χ4v) is 2.47. The molecule has 1 aromatic carbocycles. The van der Waals surface area contributed by atoms with Gasteiger partial charge in [-0.1, -0.05) is 6.07 Å². The van der Waals surface area contributed by atoms with E-state index in [0.717, 1.165) is 14.6 Å². The molecule has 0 amide bonds.